The predicted molar refractivity (Wildman–Crippen MR) is 53.8 cm³/mol. The molecule has 4 nitrogen and oxygen atoms in total. The van der Waals surface area contributed by atoms with E-state index in [4.69, 9.17) is 10.4 Å². The van der Waals surface area contributed by atoms with Crippen LogP contribution in [0, 0.1) is 17.2 Å². The third kappa shape index (κ3) is 4.83. The van der Waals surface area contributed by atoms with E-state index in [0.717, 1.165) is 13.1 Å². The van der Waals surface area contributed by atoms with Crippen molar-refractivity contribution >= 4 is 5.97 Å². The van der Waals surface area contributed by atoms with Gasteiger partial charge in [-0.25, -0.2) is 0 Å². The number of hydrogen-bond donors (Lipinski definition) is 1. The van der Waals surface area contributed by atoms with E-state index >= 15 is 0 Å². The third-order valence-electron chi connectivity index (χ3n) is 2.33. The molecule has 0 radical (unpaired) electrons. The Balaban J connectivity index is 4.08. The Kier molecular flexibility index (Phi) is 6.77. The van der Waals surface area contributed by atoms with Gasteiger partial charge in [-0.15, -0.1) is 0 Å². The van der Waals surface area contributed by atoms with Gasteiger partial charge >= 0.3 is 5.97 Å². The van der Waals surface area contributed by atoms with Crippen LogP contribution in [-0.2, 0) is 4.79 Å². The molecule has 0 saturated carbocycles. The first-order valence-corrected chi connectivity index (χ1v) is 4.97. The normalized spacial score (nSPS) is 12.4. The molecule has 0 saturated heterocycles. The third-order valence-corrected chi connectivity index (χ3v) is 2.33. The monoisotopic (exact) mass is 198 g/mol. The Hall–Kier alpha value is -1.08. The summed E-state index contributed by atoms with van der Waals surface area (Å²) >= 11 is 0. The molecule has 80 valence electrons. The molecule has 0 amide bonds. The van der Waals surface area contributed by atoms with Crippen molar-refractivity contribution in [2.45, 2.75) is 26.7 Å². The molecule has 0 aliphatic heterocycles. The van der Waals surface area contributed by atoms with Gasteiger partial charge in [0.25, 0.3) is 0 Å². The molecule has 0 aliphatic rings. The van der Waals surface area contributed by atoms with Gasteiger partial charge in [-0.05, 0) is 19.5 Å². The van der Waals surface area contributed by atoms with Crippen molar-refractivity contribution in [2.75, 3.05) is 19.6 Å². The molecule has 1 atom stereocenters. The van der Waals surface area contributed by atoms with Crippen molar-refractivity contribution in [3.8, 4) is 6.07 Å². The van der Waals surface area contributed by atoms with Crippen molar-refractivity contribution in [3.05, 3.63) is 0 Å². The lowest BCUT2D eigenvalue weighted by atomic mass is 10.0. The Morgan fingerprint density at radius 2 is 2.07 bits per heavy atom. The van der Waals surface area contributed by atoms with Crippen LogP contribution in [0.3, 0.4) is 0 Å². The highest BCUT2D eigenvalue weighted by Crippen LogP contribution is 2.08. The smallest absolute Gasteiger partial charge is 0.307 e. The molecule has 0 aromatic rings. The van der Waals surface area contributed by atoms with Gasteiger partial charge < -0.3 is 10.0 Å². The van der Waals surface area contributed by atoms with E-state index in [1.165, 1.54) is 0 Å². The van der Waals surface area contributed by atoms with Crippen molar-refractivity contribution in [1.82, 2.24) is 4.90 Å². The lowest BCUT2D eigenvalue weighted by Gasteiger charge is -2.21. The van der Waals surface area contributed by atoms with Crippen LogP contribution in [0.5, 0.6) is 0 Å². The minimum absolute atomic E-state index is 0.318. The minimum Gasteiger partial charge on any atom is -0.481 e. The molecule has 14 heavy (non-hydrogen) atoms. The van der Waals surface area contributed by atoms with Crippen LogP contribution < -0.4 is 0 Å². The van der Waals surface area contributed by atoms with E-state index in [0.29, 0.717) is 19.4 Å². The largest absolute Gasteiger partial charge is 0.481 e. The zero-order valence-electron chi connectivity index (χ0n) is 8.86. The second-order valence-electron chi connectivity index (χ2n) is 3.22. The summed E-state index contributed by atoms with van der Waals surface area (Å²) in [6, 6.07) is 1.98. The average molecular weight is 198 g/mol. The molecule has 0 fully saturated rings. The van der Waals surface area contributed by atoms with Crippen LogP contribution in [0.1, 0.15) is 26.7 Å². The van der Waals surface area contributed by atoms with Crippen LogP contribution in [0.2, 0.25) is 0 Å². The van der Waals surface area contributed by atoms with Crippen LogP contribution >= 0.6 is 0 Å². The Morgan fingerprint density at radius 1 is 1.50 bits per heavy atom. The van der Waals surface area contributed by atoms with Gasteiger partial charge in [-0.2, -0.15) is 5.26 Å². The highest BCUT2D eigenvalue weighted by atomic mass is 16.4. The molecule has 0 spiro atoms. The highest BCUT2D eigenvalue weighted by molar-refractivity contribution is 5.70. The van der Waals surface area contributed by atoms with E-state index in [2.05, 4.69) is 4.90 Å². The summed E-state index contributed by atoms with van der Waals surface area (Å²) in [7, 11) is 0. The van der Waals surface area contributed by atoms with Crippen LogP contribution in [0.15, 0.2) is 0 Å². The van der Waals surface area contributed by atoms with Crippen molar-refractivity contribution in [1.29, 1.82) is 5.26 Å². The maximum Gasteiger partial charge on any atom is 0.307 e. The number of nitrogens with zero attached hydrogens (tertiary/aromatic N) is 2. The predicted octanol–water partition coefficient (Wildman–Crippen LogP) is 1.33. The molecule has 4 heteroatoms. The second-order valence-corrected chi connectivity index (χ2v) is 3.22. The molecular formula is C10H18N2O2. The van der Waals surface area contributed by atoms with Crippen LogP contribution in [0.25, 0.3) is 0 Å². The van der Waals surface area contributed by atoms with Crippen LogP contribution in [0.4, 0.5) is 0 Å². The molecular weight excluding hydrogens is 180 g/mol. The van der Waals surface area contributed by atoms with Gasteiger partial charge in [0.05, 0.1) is 12.0 Å². The number of hydrogen-bond acceptors (Lipinski definition) is 3. The maximum absolute atomic E-state index is 10.8. The molecule has 0 aromatic heterocycles. The zero-order valence-corrected chi connectivity index (χ0v) is 8.86. The Morgan fingerprint density at radius 3 is 2.43 bits per heavy atom. The molecule has 1 N–H and O–H groups in total. The van der Waals surface area contributed by atoms with Gasteiger partial charge in [0, 0.05) is 13.0 Å². The van der Waals surface area contributed by atoms with Crippen molar-refractivity contribution in [3.63, 3.8) is 0 Å². The van der Waals surface area contributed by atoms with Crippen LogP contribution in [-0.4, -0.2) is 35.6 Å². The minimum atomic E-state index is -0.799. The molecule has 0 aliphatic carbocycles. The number of carboxylic acids is 1. The summed E-state index contributed by atoms with van der Waals surface area (Å²) in [5.74, 6) is -1.21. The SMILES string of the molecule is CCN(CC)CC(CCC#N)C(=O)O. The Bertz CT molecular complexity index is 207. The van der Waals surface area contributed by atoms with Gasteiger partial charge in [0.1, 0.15) is 0 Å². The van der Waals surface area contributed by atoms with E-state index in [9.17, 15) is 4.79 Å². The summed E-state index contributed by atoms with van der Waals surface area (Å²) in [5, 5.41) is 17.3. The van der Waals surface area contributed by atoms with Gasteiger partial charge in [-0.3, -0.25) is 4.79 Å². The fourth-order valence-electron chi connectivity index (χ4n) is 1.33. The summed E-state index contributed by atoms with van der Waals surface area (Å²) in [6.45, 7) is 6.27. The average Bonchev–Trinajstić information content (AvgIpc) is 2.18. The molecule has 0 bridgehead atoms. The fraction of sp³-hybridized carbons (Fsp3) is 0.800. The summed E-state index contributed by atoms with van der Waals surface area (Å²) in [6.07, 6.45) is 0.764. The summed E-state index contributed by atoms with van der Waals surface area (Å²) < 4.78 is 0. The number of carboxylic acid groups (broad SMARTS) is 1. The first-order chi connectivity index (χ1) is 6.65. The molecule has 0 heterocycles. The van der Waals surface area contributed by atoms with E-state index in [-0.39, 0.29) is 0 Å². The maximum atomic E-state index is 10.8. The molecule has 1 unspecified atom stereocenters. The topological polar surface area (TPSA) is 64.3 Å². The fourth-order valence-corrected chi connectivity index (χ4v) is 1.33. The van der Waals surface area contributed by atoms with E-state index < -0.39 is 11.9 Å². The quantitative estimate of drug-likeness (QED) is 0.670. The number of nitriles is 1. The summed E-state index contributed by atoms with van der Waals surface area (Å²) in [4.78, 5) is 12.9. The van der Waals surface area contributed by atoms with Gasteiger partial charge in [0.15, 0.2) is 0 Å². The van der Waals surface area contributed by atoms with Gasteiger partial charge in [-0.1, -0.05) is 13.8 Å². The number of rotatable bonds is 7. The van der Waals surface area contributed by atoms with Crippen molar-refractivity contribution in [2.24, 2.45) is 5.92 Å². The van der Waals surface area contributed by atoms with Gasteiger partial charge in [0.2, 0.25) is 0 Å². The Labute approximate surface area is 85.1 Å². The van der Waals surface area contributed by atoms with E-state index in [1.807, 2.05) is 19.9 Å². The molecule has 0 rings (SSSR count). The number of carbonyl (C=O) groups is 1. The number of aliphatic carboxylic acids is 1. The lowest BCUT2D eigenvalue weighted by molar-refractivity contribution is -0.142. The molecule has 0 aromatic carbocycles. The highest BCUT2D eigenvalue weighted by Gasteiger charge is 2.19. The summed E-state index contributed by atoms with van der Waals surface area (Å²) in [5.41, 5.74) is 0. The second kappa shape index (κ2) is 7.34. The first kappa shape index (κ1) is 12.9. The zero-order chi connectivity index (χ0) is 11.0. The standard InChI is InChI=1S/C10H18N2O2/c1-3-12(4-2)8-9(10(13)14)6-5-7-11/h9H,3-6,8H2,1-2H3,(H,13,14). The van der Waals surface area contributed by atoms with E-state index in [1.54, 1.807) is 0 Å². The lowest BCUT2D eigenvalue weighted by Crippen LogP contribution is -2.33. The first-order valence-electron chi connectivity index (χ1n) is 4.97. The van der Waals surface area contributed by atoms with Crippen molar-refractivity contribution < 1.29 is 9.90 Å².